The van der Waals surface area contributed by atoms with Gasteiger partial charge in [0.15, 0.2) is 0 Å². The van der Waals surface area contributed by atoms with Crippen LogP contribution in [0.1, 0.15) is 194 Å². The minimum absolute atomic E-state index is 0.620. The third-order valence-electron chi connectivity index (χ3n) is 8.62. The lowest BCUT2D eigenvalue weighted by Crippen LogP contribution is -2.38. The molecule has 1 aliphatic rings. The maximum atomic E-state index is 2.63. The summed E-state index contributed by atoms with van der Waals surface area (Å²) < 4.78 is 0. The lowest BCUT2D eigenvalue weighted by molar-refractivity contribution is 0.144. The quantitative estimate of drug-likeness (QED) is 0.0908. The van der Waals surface area contributed by atoms with Crippen LogP contribution in [0.5, 0.6) is 0 Å². The smallest absolute Gasteiger partial charge is 0.100 e. The zero-order valence-electron chi connectivity index (χ0n) is 26.1. The maximum absolute atomic E-state index is 2.63. The fourth-order valence-electron chi connectivity index (χ4n) is 6.10. The summed E-state index contributed by atoms with van der Waals surface area (Å²) in [5, 5.41) is 0. The van der Waals surface area contributed by atoms with E-state index >= 15 is 0 Å². The summed E-state index contributed by atoms with van der Waals surface area (Å²) >= 11 is 0. The topological polar surface area (TPSA) is 6.48 Å². The molecule has 37 heavy (non-hydrogen) atoms. The van der Waals surface area contributed by atoms with Crippen LogP contribution in [0, 0.1) is 0 Å². The van der Waals surface area contributed by atoms with Gasteiger partial charge in [-0.3, -0.25) is 0 Å². The van der Waals surface area contributed by atoms with E-state index in [0.717, 1.165) is 0 Å². The van der Waals surface area contributed by atoms with Crippen molar-refractivity contribution in [3.05, 3.63) is 12.4 Å². The van der Waals surface area contributed by atoms with Gasteiger partial charge in [-0.15, -0.1) is 0 Å². The van der Waals surface area contributed by atoms with E-state index in [2.05, 4.69) is 43.0 Å². The monoisotopic (exact) mass is 519 g/mol. The highest BCUT2D eigenvalue weighted by atomic mass is 15.4. The van der Waals surface area contributed by atoms with Gasteiger partial charge >= 0.3 is 0 Å². The van der Waals surface area contributed by atoms with Crippen LogP contribution >= 0.6 is 0 Å². The Bertz CT molecular complexity index is 474. The summed E-state index contributed by atoms with van der Waals surface area (Å²) in [5.74, 6) is 0. The van der Waals surface area contributed by atoms with Gasteiger partial charge in [0, 0.05) is 25.5 Å². The normalized spacial score (nSPS) is 15.4. The van der Waals surface area contributed by atoms with E-state index in [1.54, 1.807) is 0 Å². The zero-order valence-corrected chi connectivity index (χ0v) is 26.1. The van der Waals surface area contributed by atoms with Gasteiger partial charge < -0.3 is 9.80 Å². The molecule has 1 atom stereocenters. The van der Waals surface area contributed by atoms with Gasteiger partial charge in [0.05, 0.1) is 0 Å². The molecule has 0 amide bonds. The van der Waals surface area contributed by atoms with Gasteiger partial charge in [-0.25, -0.2) is 0 Å². The second-order valence-corrected chi connectivity index (χ2v) is 12.1. The summed E-state index contributed by atoms with van der Waals surface area (Å²) in [5.41, 5.74) is 0. The molecule has 0 radical (unpaired) electrons. The molecule has 0 spiro atoms. The molecule has 0 bridgehead atoms. The SMILES string of the molecule is CCCCCCCCCCCCCCCCCN1C=CN(CCCCCCCCCCCCC)C1CC. The summed E-state index contributed by atoms with van der Waals surface area (Å²) in [6.45, 7) is 9.48. The predicted molar refractivity (Wildman–Crippen MR) is 168 cm³/mol. The van der Waals surface area contributed by atoms with Crippen LogP contribution in [0.2, 0.25) is 0 Å². The molecule has 1 aliphatic heterocycles. The average Bonchev–Trinajstić information content (AvgIpc) is 3.31. The summed E-state index contributed by atoms with van der Waals surface area (Å²) in [6.07, 6.45) is 44.1. The van der Waals surface area contributed by atoms with Crippen LogP contribution in [-0.2, 0) is 0 Å². The van der Waals surface area contributed by atoms with Gasteiger partial charge in [0.25, 0.3) is 0 Å². The molecule has 2 nitrogen and oxygen atoms in total. The molecule has 2 heteroatoms. The minimum Gasteiger partial charge on any atom is -0.356 e. The number of unbranched alkanes of at least 4 members (excludes halogenated alkanes) is 24. The van der Waals surface area contributed by atoms with Crippen molar-refractivity contribution in [1.82, 2.24) is 9.80 Å². The van der Waals surface area contributed by atoms with Gasteiger partial charge in [-0.2, -0.15) is 0 Å². The third kappa shape index (κ3) is 20.0. The molecule has 0 N–H and O–H groups in total. The molecule has 0 fully saturated rings. The highest BCUT2D eigenvalue weighted by Crippen LogP contribution is 2.21. The molecule has 0 saturated heterocycles. The Morgan fingerprint density at radius 1 is 0.351 bits per heavy atom. The van der Waals surface area contributed by atoms with Crippen LogP contribution in [0.4, 0.5) is 0 Å². The van der Waals surface area contributed by atoms with Gasteiger partial charge in [-0.1, -0.05) is 175 Å². The first kappa shape index (κ1) is 34.4. The van der Waals surface area contributed by atoms with Crippen molar-refractivity contribution in [1.29, 1.82) is 0 Å². The maximum Gasteiger partial charge on any atom is 0.100 e. The molecule has 0 aromatic carbocycles. The van der Waals surface area contributed by atoms with Crippen LogP contribution < -0.4 is 0 Å². The first-order chi connectivity index (χ1) is 18.3. The second kappa shape index (κ2) is 26.9. The van der Waals surface area contributed by atoms with Crippen molar-refractivity contribution in [3.8, 4) is 0 Å². The Kier molecular flexibility index (Phi) is 25.0. The van der Waals surface area contributed by atoms with E-state index < -0.39 is 0 Å². The van der Waals surface area contributed by atoms with Crippen molar-refractivity contribution in [3.63, 3.8) is 0 Å². The first-order valence-corrected chi connectivity index (χ1v) is 17.5. The highest BCUT2D eigenvalue weighted by molar-refractivity contribution is 4.96. The van der Waals surface area contributed by atoms with E-state index in [-0.39, 0.29) is 0 Å². The van der Waals surface area contributed by atoms with E-state index in [1.165, 1.54) is 186 Å². The van der Waals surface area contributed by atoms with E-state index in [9.17, 15) is 0 Å². The van der Waals surface area contributed by atoms with E-state index in [1.807, 2.05) is 0 Å². The summed E-state index contributed by atoms with van der Waals surface area (Å²) in [6, 6.07) is 0. The Morgan fingerprint density at radius 2 is 0.595 bits per heavy atom. The van der Waals surface area contributed by atoms with Crippen molar-refractivity contribution in [2.75, 3.05) is 13.1 Å². The standard InChI is InChI=1S/C35H70N2/c1-4-7-9-11-13-15-17-18-19-20-22-24-26-28-30-32-37-34-33-36(35(37)6-3)31-29-27-25-23-21-16-14-12-10-8-5-2/h33-35H,4-32H2,1-3H3. The minimum atomic E-state index is 0.620. The fraction of sp³-hybridized carbons (Fsp3) is 0.943. The molecule has 0 aliphatic carbocycles. The van der Waals surface area contributed by atoms with Crippen molar-refractivity contribution in [2.45, 2.75) is 200 Å². The predicted octanol–water partition coefficient (Wildman–Crippen LogP) is 12.0. The number of rotatable bonds is 29. The summed E-state index contributed by atoms with van der Waals surface area (Å²) in [7, 11) is 0. The number of nitrogens with zero attached hydrogens (tertiary/aromatic N) is 2. The van der Waals surface area contributed by atoms with Crippen LogP contribution in [0.25, 0.3) is 0 Å². The highest BCUT2D eigenvalue weighted by Gasteiger charge is 2.23. The van der Waals surface area contributed by atoms with Gasteiger partial charge in [0.2, 0.25) is 0 Å². The largest absolute Gasteiger partial charge is 0.356 e. The molecular weight excluding hydrogens is 448 g/mol. The molecule has 1 unspecified atom stereocenters. The number of hydrogen-bond acceptors (Lipinski definition) is 2. The average molecular weight is 519 g/mol. The molecule has 0 aromatic heterocycles. The van der Waals surface area contributed by atoms with Crippen molar-refractivity contribution in [2.24, 2.45) is 0 Å². The third-order valence-corrected chi connectivity index (χ3v) is 8.62. The van der Waals surface area contributed by atoms with Crippen molar-refractivity contribution < 1.29 is 0 Å². The zero-order chi connectivity index (χ0) is 26.7. The Balaban J connectivity index is 1.90. The van der Waals surface area contributed by atoms with E-state index in [4.69, 9.17) is 0 Å². The summed E-state index contributed by atoms with van der Waals surface area (Å²) in [4.78, 5) is 5.25. The fourth-order valence-corrected chi connectivity index (χ4v) is 6.10. The second-order valence-electron chi connectivity index (χ2n) is 12.1. The van der Waals surface area contributed by atoms with Crippen LogP contribution in [0.3, 0.4) is 0 Å². The molecule has 1 heterocycles. The number of hydrogen-bond donors (Lipinski definition) is 0. The molecule has 0 saturated carbocycles. The Labute approximate surface area is 235 Å². The Hall–Kier alpha value is -0.660. The van der Waals surface area contributed by atoms with Crippen molar-refractivity contribution >= 4 is 0 Å². The molecule has 1 rings (SSSR count). The van der Waals surface area contributed by atoms with Gasteiger partial charge in [0.1, 0.15) is 6.17 Å². The van der Waals surface area contributed by atoms with Gasteiger partial charge in [-0.05, 0) is 19.3 Å². The van der Waals surface area contributed by atoms with Crippen LogP contribution in [0.15, 0.2) is 12.4 Å². The lowest BCUT2D eigenvalue weighted by Gasteiger charge is -2.32. The molecule has 0 aromatic rings. The lowest BCUT2D eigenvalue weighted by atomic mass is 10.0. The van der Waals surface area contributed by atoms with Crippen LogP contribution in [-0.4, -0.2) is 29.1 Å². The first-order valence-electron chi connectivity index (χ1n) is 17.5. The Morgan fingerprint density at radius 3 is 0.838 bits per heavy atom. The molecule has 220 valence electrons. The van der Waals surface area contributed by atoms with E-state index in [0.29, 0.717) is 6.17 Å². The molecular formula is C35H70N2.